The number of aliphatic hydroxyl groups excluding tert-OH is 8. The number of carbonyl (C=O) groups is 1. The van der Waals surface area contributed by atoms with E-state index >= 15 is 0 Å². The van der Waals surface area contributed by atoms with E-state index in [0.29, 0.717) is 12.8 Å². The van der Waals surface area contributed by atoms with Crippen molar-refractivity contribution in [1.29, 1.82) is 0 Å². The van der Waals surface area contributed by atoms with Gasteiger partial charge in [0.05, 0.1) is 32.0 Å². The van der Waals surface area contributed by atoms with E-state index in [4.69, 9.17) is 18.9 Å². The Bertz CT molecular complexity index is 2100. The highest BCUT2D eigenvalue weighted by atomic mass is 16.7. The van der Waals surface area contributed by atoms with Gasteiger partial charge in [-0.2, -0.15) is 0 Å². The van der Waals surface area contributed by atoms with Crippen LogP contribution in [0.5, 0.6) is 0 Å². The van der Waals surface area contributed by atoms with Crippen LogP contribution in [0.2, 0.25) is 0 Å². The molecule has 2 heterocycles. The average Bonchev–Trinajstić information content (AvgIpc) is 0.791. The molecule has 0 aromatic carbocycles. The fraction of sp³-hybridized carbons (Fsp3) is 0.779. The van der Waals surface area contributed by atoms with Crippen molar-refractivity contribution in [1.82, 2.24) is 5.32 Å². The molecule has 0 bridgehead atoms. The van der Waals surface area contributed by atoms with E-state index in [0.717, 1.165) is 83.5 Å². The molecule has 578 valence electrons. The molecule has 12 unspecified atom stereocenters. The lowest BCUT2D eigenvalue weighted by atomic mass is 9.97. The van der Waals surface area contributed by atoms with Gasteiger partial charge in [-0.05, 0) is 96.3 Å². The molecule has 0 aliphatic carbocycles. The zero-order valence-corrected chi connectivity index (χ0v) is 63.4. The van der Waals surface area contributed by atoms with Crippen LogP contribution in [-0.4, -0.2) is 140 Å². The molecule has 100 heavy (non-hydrogen) atoms. The average molecular weight is 1410 g/mol. The number of rotatable bonds is 68. The molecule has 12 atom stereocenters. The lowest BCUT2D eigenvalue weighted by molar-refractivity contribution is -0.359. The Balaban J connectivity index is 1.59. The van der Waals surface area contributed by atoms with Crippen LogP contribution < -0.4 is 5.32 Å². The number of hydrogen-bond acceptors (Lipinski definition) is 13. The van der Waals surface area contributed by atoms with Crippen LogP contribution in [0.4, 0.5) is 0 Å². The number of carbonyl (C=O) groups excluding carboxylic acids is 1. The summed E-state index contributed by atoms with van der Waals surface area (Å²) in [6, 6.07) is -0.943. The summed E-state index contributed by atoms with van der Waals surface area (Å²) in [4.78, 5) is 13.4. The fourth-order valence-electron chi connectivity index (χ4n) is 13.0. The summed E-state index contributed by atoms with van der Waals surface area (Å²) in [6.07, 6.45) is 83.2. The monoisotopic (exact) mass is 1410 g/mol. The van der Waals surface area contributed by atoms with Gasteiger partial charge in [0.25, 0.3) is 0 Å². The maximum absolute atomic E-state index is 13.4. The fourth-order valence-corrected chi connectivity index (χ4v) is 13.0. The minimum atomic E-state index is -1.80. The number of allylic oxidation sites excluding steroid dienone is 17. The molecule has 0 aromatic heterocycles. The molecular weight excluding hydrogens is 1250 g/mol. The number of nitrogens with one attached hydrogen (secondary N) is 1. The van der Waals surface area contributed by atoms with Crippen molar-refractivity contribution in [3.05, 3.63) is 109 Å². The zero-order valence-electron chi connectivity index (χ0n) is 63.4. The minimum Gasteiger partial charge on any atom is -0.394 e. The van der Waals surface area contributed by atoms with Gasteiger partial charge >= 0.3 is 0 Å². The summed E-state index contributed by atoms with van der Waals surface area (Å²) < 4.78 is 22.9. The molecule has 2 rings (SSSR count). The number of unbranched alkanes of at least 4 members (excludes halogenated alkanes) is 39. The van der Waals surface area contributed by atoms with Gasteiger partial charge in [-0.15, -0.1) is 0 Å². The first kappa shape index (κ1) is 92.7. The van der Waals surface area contributed by atoms with Gasteiger partial charge in [0.2, 0.25) is 5.91 Å². The lowest BCUT2D eigenvalue weighted by Gasteiger charge is -2.46. The first-order valence-corrected chi connectivity index (χ1v) is 41.1. The highest BCUT2D eigenvalue weighted by molar-refractivity contribution is 5.76. The number of hydrogen-bond donors (Lipinski definition) is 9. The van der Waals surface area contributed by atoms with E-state index in [2.05, 4.69) is 116 Å². The lowest BCUT2D eigenvalue weighted by Crippen LogP contribution is -2.65. The summed E-state index contributed by atoms with van der Waals surface area (Å²) in [5, 5.41) is 87.6. The highest BCUT2D eigenvalue weighted by Crippen LogP contribution is 2.30. The van der Waals surface area contributed by atoms with E-state index in [1.165, 1.54) is 218 Å². The van der Waals surface area contributed by atoms with Crippen LogP contribution >= 0.6 is 0 Å². The van der Waals surface area contributed by atoms with Crippen molar-refractivity contribution in [2.24, 2.45) is 0 Å². The van der Waals surface area contributed by atoms with Crippen LogP contribution in [0.1, 0.15) is 335 Å². The van der Waals surface area contributed by atoms with Gasteiger partial charge in [0, 0.05) is 6.42 Å². The maximum Gasteiger partial charge on any atom is 0.220 e. The predicted octanol–water partition coefficient (Wildman–Crippen LogP) is 19.0. The Kier molecular flexibility index (Phi) is 63.7. The van der Waals surface area contributed by atoms with E-state index in [-0.39, 0.29) is 18.9 Å². The van der Waals surface area contributed by atoms with Crippen LogP contribution in [0.3, 0.4) is 0 Å². The molecule has 14 nitrogen and oxygen atoms in total. The first-order chi connectivity index (χ1) is 49.1. The maximum atomic E-state index is 13.4. The topological polar surface area (TPSA) is 228 Å². The van der Waals surface area contributed by atoms with Crippen LogP contribution in [0, 0.1) is 0 Å². The third kappa shape index (κ3) is 50.9. The second-order valence-electron chi connectivity index (χ2n) is 28.5. The molecule has 0 radical (unpaired) electrons. The van der Waals surface area contributed by atoms with Crippen molar-refractivity contribution >= 4 is 5.91 Å². The summed E-state index contributed by atoms with van der Waals surface area (Å²) in [5.74, 6) is -0.250. The standard InChI is InChI=1S/C86H151NO13/c1-3-5-7-9-11-13-15-17-19-21-23-25-27-29-30-31-32-33-34-35-36-37-38-39-40-41-42-43-44-46-48-50-52-54-56-58-60-62-64-66-68-70-78(91)87-74(73-97-85-83(96)81(94)84(77(72-89)99-85)100-86-82(95)80(93)79(92)76(71-88)98-86)75(90)69-67-65-63-61-59-57-55-53-51-49-47-45-28-26-24-22-20-18-16-14-12-10-8-6-4-2/h5,7,11,13,17,19,23,25,29-30,32-33,51,53,59,61,67,69,74-77,79-86,88-90,92-96H,3-4,6,8-10,12,14-16,18,20-22,24,26-28,31,34-50,52,54-58,60,62-66,68,70-73H2,1-2H3,(H,87,91)/b7-5-,13-11-,19-17-,25-23-,30-29-,33-32-,53-51+,61-59+,69-67+. The Morgan fingerprint density at radius 3 is 1.10 bits per heavy atom. The van der Waals surface area contributed by atoms with Crippen LogP contribution in [0.25, 0.3) is 0 Å². The summed E-state index contributed by atoms with van der Waals surface area (Å²) in [7, 11) is 0. The molecule has 0 spiro atoms. The van der Waals surface area contributed by atoms with Gasteiger partial charge in [-0.1, -0.05) is 342 Å². The Labute approximate surface area is 610 Å². The Morgan fingerprint density at radius 1 is 0.370 bits per heavy atom. The normalized spacial score (nSPS) is 22.4. The van der Waals surface area contributed by atoms with Crippen molar-refractivity contribution in [3.8, 4) is 0 Å². The highest BCUT2D eigenvalue weighted by Gasteiger charge is 2.51. The number of aliphatic hydroxyl groups is 8. The predicted molar refractivity (Wildman–Crippen MR) is 415 cm³/mol. The van der Waals surface area contributed by atoms with Crippen LogP contribution in [-0.2, 0) is 23.7 Å². The number of ether oxygens (including phenoxy) is 4. The van der Waals surface area contributed by atoms with Crippen molar-refractivity contribution < 1.29 is 64.6 Å². The van der Waals surface area contributed by atoms with Crippen molar-refractivity contribution in [2.75, 3.05) is 19.8 Å². The smallest absolute Gasteiger partial charge is 0.220 e. The van der Waals surface area contributed by atoms with Gasteiger partial charge in [0.1, 0.15) is 48.8 Å². The molecule has 2 aliphatic heterocycles. The van der Waals surface area contributed by atoms with Crippen molar-refractivity contribution in [2.45, 2.75) is 408 Å². The Hall–Kier alpha value is -3.35. The van der Waals surface area contributed by atoms with Crippen molar-refractivity contribution in [3.63, 3.8) is 0 Å². The summed E-state index contributed by atoms with van der Waals surface area (Å²) in [5.41, 5.74) is 0. The van der Waals surface area contributed by atoms with Crippen LogP contribution in [0.15, 0.2) is 109 Å². The number of amides is 1. The summed E-state index contributed by atoms with van der Waals surface area (Å²) >= 11 is 0. The summed E-state index contributed by atoms with van der Waals surface area (Å²) in [6.45, 7) is 2.70. The second kappa shape index (κ2) is 68.7. The second-order valence-corrected chi connectivity index (χ2v) is 28.5. The molecular formula is C86H151NO13. The molecule has 2 saturated heterocycles. The molecule has 1 amide bonds. The Morgan fingerprint density at radius 2 is 0.700 bits per heavy atom. The molecule has 0 saturated carbocycles. The van der Waals surface area contributed by atoms with E-state index < -0.39 is 86.8 Å². The molecule has 9 N–H and O–H groups in total. The quantitative estimate of drug-likeness (QED) is 0.0204. The SMILES string of the molecule is CC/C=C\C/C=C\C/C=C\C/C=C\C/C=C\C/C=C\CCCCCCCCCCCCCCCCCCCCCCCCC(=O)NC(COC1OC(CO)C(OC2OC(CO)C(O)C(O)C2O)C(O)C1O)C(O)/C=C/CC/C=C/CC/C=C/CCCCCCCCCCCCCCCCC. The minimum absolute atomic E-state index is 0.250. The van der Waals surface area contributed by atoms with Gasteiger partial charge in [-0.3, -0.25) is 4.79 Å². The molecule has 0 aromatic rings. The molecule has 2 aliphatic rings. The largest absolute Gasteiger partial charge is 0.394 e. The van der Waals surface area contributed by atoms with E-state index in [1.807, 2.05) is 6.08 Å². The van der Waals surface area contributed by atoms with E-state index in [1.54, 1.807) is 6.08 Å². The van der Waals surface area contributed by atoms with Gasteiger partial charge in [0.15, 0.2) is 12.6 Å². The van der Waals surface area contributed by atoms with Gasteiger partial charge < -0.3 is 65.1 Å². The van der Waals surface area contributed by atoms with Gasteiger partial charge in [-0.25, -0.2) is 0 Å². The molecule has 14 heteroatoms. The third-order valence-corrected chi connectivity index (χ3v) is 19.4. The first-order valence-electron chi connectivity index (χ1n) is 41.1. The zero-order chi connectivity index (χ0) is 72.2. The molecule has 2 fully saturated rings. The van der Waals surface area contributed by atoms with E-state index in [9.17, 15) is 45.6 Å². The third-order valence-electron chi connectivity index (χ3n) is 19.4.